The quantitative estimate of drug-likeness (QED) is 0.793. The van der Waals surface area contributed by atoms with E-state index in [2.05, 4.69) is 10.3 Å². The van der Waals surface area contributed by atoms with Crippen molar-refractivity contribution in [3.8, 4) is 10.6 Å². The zero-order valence-corrected chi connectivity index (χ0v) is 13.3. The first-order valence-corrected chi connectivity index (χ1v) is 9.32. The predicted octanol–water partition coefficient (Wildman–Crippen LogP) is 2.47. The van der Waals surface area contributed by atoms with Crippen LogP contribution in [-0.2, 0) is 16.4 Å². The molecular formula is C14H17FN2O2S2. The minimum absolute atomic E-state index is 0.137. The Morgan fingerprint density at radius 3 is 2.67 bits per heavy atom. The molecule has 0 saturated heterocycles. The molecule has 0 radical (unpaired) electrons. The fourth-order valence-corrected chi connectivity index (χ4v) is 3.27. The molecule has 1 aromatic heterocycles. The first-order valence-electron chi connectivity index (χ1n) is 6.61. The maximum absolute atomic E-state index is 12.9. The van der Waals surface area contributed by atoms with Gasteiger partial charge in [0.25, 0.3) is 0 Å². The van der Waals surface area contributed by atoms with Gasteiger partial charge in [-0.3, -0.25) is 0 Å². The Bertz CT molecular complexity index is 681. The molecule has 0 fully saturated rings. The van der Waals surface area contributed by atoms with Gasteiger partial charge in [0.1, 0.15) is 10.8 Å². The molecule has 1 heterocycles. The van der Waals surface area contributed by atoms with Crippen molar-refractivity contribution in [1.82, 2.24) is 10.3 Å². The molecule has 1 aromatic carbocycles. The second-order valence-electron chi connectivity index (χ2n) is 4.56. The van der Waals surface area contributed by atoms with Crippen LogP contribution < -0.4 is 5.32 Å². The highest BCUT2D eigenvalue weighted by Crippen LogP contribution is 2.23. The van der Waals surface area contributed by atoms with Crippen molar-refractivity contribution in [1.29, 1.82) is 0 Å². The molecule has 2 aromatic rings. The largest absolute Gasteiger partial charge is 0.310 e. The normalized spacial score (nSPS) is 11.7. The Morgan fingerprint density at radius 1 is 1.29 bits per heavy atom. The van der Waals surface area contributed by atoms with E-state index in [0.29, 0.717) is 13.1 Å². The SMILES string of the molecule is CCS(=O)(=O)CCNCc1csc(-c2ccc(F)cc2)n1. The van der Waals surface area contributed by atoms with Gasteiger partial charge in [0.15, 0.2) is 9.84 Å². The summed E-state index contributed by atoms with van der Waals surface area (Å²) in [4.78, 5) is 4.45. The molecule has 114 valence electrons. The molecule has 2 rings (SSSR count). The van der Waals surface area contributed by atoms with E-state index in [1.165, 1.54) is 23.5 Å². The second kappa shape index (κ2) is 7.11. The summed E-state index contributed by atoms with van der Waals surface area (Å²) in [6, 6.07) is 6.20. The van der Waals surface area contributed by atoms with E-state index in [0.717, 1.165) is 16.3 Å². The van der Waals surface area contributed by atoms with E-state index in [-0.39, 0.29) is 17.3 Å². The lowest BCUT2D eigenvalue weighted by Crippen LogP contribution is -2.23. The minimum atomic E-state index is -2.93. The van der Waals surface area contributed by atoms with Crippen LogP contribution in [0.3, 0.4) is 0 Å². The van der Waals surface area contributed by atoms with Crippen LogP contribution in [0.15, 0.2) is 29.6 Å². The lowest BCUT2D eigenvalue weighted by atomic mass is 10.2. The number of sulfone groups is 1. The standard InChI is InChI=1S/C14H17FN2O2S2/c1-2-21(18,19)8-7-16-9-13-10-20-14(17-13)11-3-5-12(15)6-4-11/h3-6,10,16H,2,7-9H2,1H3. The van der Waals surface area contributed by atoms with Crippen molar-refractivity contribution in [2.45, 2.75) is 13.5 Å². The zero-order valence-electron chi connectivity index (χ0n) is 11.7. The first kappa shape index (κ1) is 16.1. The number of hydrogen-bond acceptors (Lipinski definition) is 5. The summed E-state index contributed by atoms with van der Waals surface area (Å²) in [6.45, 7) is 2.58. The number of aromatic nitrogens is 1. The van der Waals surface area contributed by atoms with Gasteiger partial charge in [-0.25, -0.2) is 17.8 Å². The summed E-state index contributed by atoms with van der Waals surface area (Å²) < 4.78 is 35.5. The summed E-state index contributed by atoms with van der Waals surface area (Å²) in [6.07, 6.45) is 0. The van der Waals surface area contributed by atoms with E-state index >= 15 is 0 Å². The van der Waals surface area contributed by atoms with Crippen LogP contribution in [0.2, 0.25) is 0 Å². The van der Waals surface area contributed by atoms with Crippen molar-refractivity contribution in [2.24, 2.45) is 0 Å². The third-order valence-electron chi connectivity index (χ3n) is 2.98. The number of halogens is 1. The van der Waals surface area contributed by atoms with E-state index in [1.807, 2.05) is 5.38 Å². The van der Waals surface area contributed by atoms with E-state index < -0.39 is 9.84 Å². The molecular weight excluding hydrogens is 311 g/mol. The fraction of sp³-hybridized carbons (Fsp3) is 0.357. The number of benzene rings is 1. The number of nitrogens with zero attached hydrogens (tertiary/aromatic N) is 1. The molecule has 0 aliphatic heterocycles. The van der Waals surface area contributed by atoms with Crippen LogP contribution in [0, 0.1) is 5.82 Å². The van der Waals surface area contributed by atoms with Gasteiger partial charge >= 0.3 is 0 Å². The number of thiazole rings is 1. The second-order valence-corrected chi connectivity index (χ2v) is 7.89. The molecule has 0 spiro atoms. The maximum Gasteiger partial charge on any atom is 0.151 e. The molecule has 7 heteroatoms. The zero-order chi connectivity index (χ0) is 15.3. The van der Waals surface area contributed by atoms with Gasteiger partial charge in [-0.05, 0) is 24.3 Å². The van der Waals surface area contributed by atoms with Crippen LogP contribution in [0.1, 0.15) is 12.6 Å². The summed E-state index contributed by atoms with van der Waals surface area (Å²) in [7, 11) is -2.93. The molecule has 0 aliphatic rings. The summed E-state index contributed by atoms with van der Waals surface area (Å²) in [5.74, 6) is 0.0350. The molecule has 21 heavy (non-hydrogen) atoms. The number of nitrogens with one attached hydrogen (secondary N) is 1. The van der Waals surface area contributed by atoms with Gasteiger partial charge in [-0.15, -0.1) is 11.3 Å². The summed E-state index contributed by atoms with van der Waals surface area (Å²) in [5, 5.41) is 5.81. The topological polar surface area (TPSA) is 59.1 Å². The summed E-state index contributed by atoms with van der Waals surface area (Å²) in [5.41, 5.74) is 1.73. The first-order chi connectivity index (χ1) is 10.00. The van der Waals surface area contributed by atoms with Crippen molar-refractivity contribution in [3.63, 3.8) is 0 Å². The molecule has 0 bridgehead atoms. The van der Waals surface area contributed by atoms with Gasteiger partial charge < -0.3 is 5.32 Å². The van der Waals surface area contributed by atoms with Gasteiger partial charge in [0.2, 0.25) is 0 Å². The van der Waals surface area contributed by atoms with Crippen LogP contribution >= 0.6 is 11.3 Å². The fourth-order valence-electron chi connectivity index (χ4n) is 1.70. The molecule has 0 aliphatic carbocycles. The lowest BCUT2D eigenvalue weighted by Gasteiger charge is -2.02. The molecule has 0 amide bonds. The average molecular weight is 328 g/mol. The molecule has 0 saturated carbocycles. The minimum Gasteiger partial charge on any atom is -0.310 e. The Kier molecular flexibility index (Phi) is 5.44. The third-order valence-corrected chi connectivity index (χ3v) is 5.62. The van der Waals surface area contributed by atoms with Crippen LogP contribution in [-0.4, -0.2) is 31.5 Å². The average Bonchev–Trinajstić information content (AvgIpc) is 2.93. The third kappa shape index (κ3) is 4.87. The summed E-state index contributed by atoms with van der Waals surface area (Å²) >= 11 is 1.48. The number of rotatable bonds is 7. The predicted molar refractivity (Wildman–Crippen MR) is 83.5 cm³/mol. The highest BCUT2D eigenvalue weighted by molar-refractivity contribution is 7.91. The van der Waals surface area contributed by atoms with Gasteiger partial charge in [0, 0.05) is 29.8 Å². The van der Waals surface area contributed by atoms with Gasteiger partial charge in [0.05, 0.1) is 11.4 Å². The van der Waals surface area contributed by atoms with Crippen molar-refractivity contribution < 1.29 is 12.8 Å². The molecule has 1 N–H and O–H groups in total. The Hall–Kier alpha value is -1.31. The number of hydrogen-bond donors (Lipinski definition) is 1. The Morgan fingerprint density at radius 2 is 2.00 bits per heavy atom. The van der Waals surface area contributed by atoms with Crippen LogP contribution in [0.5, 0.6) is 0 Å². The van der Waals surface area contributed by atoms with Gasteiger partial charge in [-0.2, -0.15) is 0 Å². The molecule has 0 atom stereocenters. The van der Waals surface area contributed by atoms with E-state index in [1.54, 1.807) is 19.1 Å². The molecule has 0 unspecified atom stereocenters. The van der Waals surface area contributed by atoms with Crippen LogP contribution in [0.25, 0.3) is 10.6 Å². The van der Waals surface area contributed by atoms with E-state index in [4.69, 9.17) is 0 Å². The maximum atomic E-state index is 12.9. The Balaban J connectivity index is 1.87. The van der Waals surface area contributed by atoms with Gasteiger partial charge in [-0.1, -0.05) is 6.92 Å². The highest BCUT2D eigenvalue weighted by atomic mass is 32.2. The molecule has 4 nitrogen and oxygen atoms in total. The monoisotopic (exact) mass is 328 g/mol. The smallest absolute Gasteiger partial charge is 0.151 e. The van der Waals surface area contributed by atoms with Crippen molar-refractivity contribution in [2.75, 3.05) is 18.1 Å². The van der Waals surface area contributed by atoms with Crippen molar-refractivity contribution >= 4 is 21.2 Å². The highest BCUT2D eigenvalue weighted by Gasteiger charge is 2.07. The van der Waals surface area contributed by atoms with E-state index in [9.17, 15) is 12.8 Å². The van der Waals surface area contributed by atoms with Crippen LogP contribution in [0.4, 0.5) is 4.39 Å². The Labute approximate surface area is 128 Å². The van der Waals surface area contributed by atoms with Crippen molar-refractivity contribution in [3.05, 3.63) is 41.2 Å². The lowest BCUT2D eigenvalue weighted by molar-refractivity contribution is 0.591.